The van der Waals surface area contributed by atoms with Crippen LogP contribution in [0.2, 0.25) is 0 Å². The molecule has 1 unspecified atom stereocenters. The third-order valence-corrected chi connectivity index (χ3v) is 5.10. The fourth-order valence-electron chi connectivity index (χ4n) is 3.05. The molecule has 162 valence electrons. The van der Waals surface area contributed by atoms with Crippen molar-refractivity contribution in [1.82, 2.24) is 0 Å². The van der Waals surface area contributed by atoms with Crippen LogP contribution in [-0.4, -0.2) is 39.0 Å². The maximum absolute atomic E-state index is 11.0. The van der Waals surface area contributed by atoms with E-state index in [1.54, 1.807) is 0 Å². The molecule has 4 nitrogen and oxygen atoms in total. The fraction of sp³-hybridized carbons (Fsp3) is 0.957. The molecule has 4 heteroatoms. The van der Waals surface area contributed by atoms with Gasteiger partial charge in [0.05, 0.1) is 26.4 Å². The molecule has 0 N–H and O–H groups in total. The summed E-state index contributed by atoms with van der Waals surface area (Å²) in [7, 11) is 1.46. The summed E-state index contributed by atoms with van der Waals surface area (Å²) in [6.45, 7) is 6.58. The number of methoxy groups -OCH3 is 1. The lowest BCUT2D eigenvalue weighted by atomic mass is 10.0. The van der Waals surface area contributed by atoms with E-state index in [0.717, 1.165) is 39.1 Å². The van der Waals surface area contributed by atoms with Crippen LogP contribution in [0.25, 0.3) is 0 Å². The molecule has 0 amide bonds. The van der Waals surface area contributed by atoms with Crippen LogP contribution in [0, 0.1) is 0 Å². The van der Waals surface area contributed by atoms with Crippen molar-refractivity contribution in [2.75, 3.05) is 26.9 Å². The van der Waals surface area contributed by atoms with Crippen molar-refractivity contribution < 1.29 is 19.0 Å². The average Bonchev–Trinajstić information content (AvgIpc) is 2.69. The topological polar surface area (TPSA) is 44.8 Å². The van der Waals surface area contributed by atoms with E-state index in [0.29, 0.717) is 12.5 Å². The Morgan fingerprint density at radius 2 is 1.19 bits per heavy atom. The SMILES string of the molecule is CCC(C)OCCOCCCCCCCCCCCCCCCC(=O)OC. The summed E-state index contributed by atoms with van der Waals surface area (Å²) in [4.78, 5) is 11.0. The second-order valence-electron chi connectivity index (χ2n) is 7.62. The van der Waals surface area contributed by atoms with E-state index < -0.39 is 0 Å². The molecular formula is C23H46O4. The molecule has 0 heterocycles. The molecule has 1 atom stereocenters. The van der Waals surface area contributed by atoms with E-state index in [2.05, 4.69) is 18.6 Å². The summed E-state index contributed by atoms with van der Waals surface area (Å²) in [6.07, 6.45) is 18.7. The monoisotopic (exact) mass is 386 g/mol. The van der Waals surface area contributed by atoms with E-state index in [9.17, 15) is 4.79 Å². The quantitative estimate of drug-likeness (QED) is 0.168. The molecule has 0 aliphatic rings. The maximum Gasteiger partial charge on any atom is 0.305 e. The van der Waals surface area contributed by atoms with Crippen LogP contribution < -0.4 is 0 Å². The Hall–Kier alpha value is -0.610. The Labute approximate surface area is 168 Å². The molecule has 27 heavy (non-hydrogen) atoms. The molecule has 0 saturated heterocycles. The van der Waals surface area contributed by atoms with E-state index in [-0.39, 0.29) is 5.97 Å². The van der Waals surface area contributed by atoms with Crippen molar-refractivity contribution in [3.8, 4) is 0 Å². The predicted octanol–water partition coefficient (Wildman–Crippen LogP) is 6.45. The number of unbranched alkanes of at least 4 members (excludes halogenated alkanes) is 12. The smallest absolute Gasteiger partial charge is 0.305 e. The van der Waals surface area contributed by atoms with Gasteiger partial charge in [0.1, 0.15) is 0 Å². The Balaban J connectivity index is 3.04. The number of hydrogen-bond donors (Lipinski definition) is 0. The van der Waals surface area contributed by atoms with Gasteiger partial charge in [0, 0.05) is 13.0 Å². The van der Waals surface area contributed by atoms with Gasteiger partial charge in [0.2, 0.25) is 0 Å². The summed E-state index contributed by atoms with van der Waals surface area (Å²) >= 11 is 0. The van der Waals surface area contributed by atoms with E-state index in [1.807, 2.05) is 0 Å². The van der Waals surface area contributed by atoms with Gasteiger partial charge in [-0.15, -0.1) is 0 Å². The van der Waals surface area contributed by atoms with Gasteiger partial charge in [-0.1, -0.05) is 77.6 Å². The zero-order valence-electron chi connectivity index (χ0n) is 18.4. The molecule has 0 aromatic carbocycles. The van der Waals surface area contributed by atoms with Crippen LogP contribution in [0.4, 0.5) is 0 Å². The number of carbonyl (C=O) groups excluding carboxylic acids is 1. The highest BCUT2D eigenvalue weighted by atomic mass is 16.5. The van der Waals surface area contributed by atoms with Crippen molar-refractivity contribution in [3.63, 3.8) is 0 Å². The van der Waals surface area contributed by atoms with Gasteiger partial charge in [-0.05, 0) is 26.2 Å². The summed E-state index contributed by atoms with van der Waals surface area (Å²) in [5, 5.41) is 0. The molecule has 0 aliphatic heterocycles. The molecule has 0 aromatic rings. The third kappa shape index (κ3) is 21.5. The van der Waals surface area contributed by atoms with Crippen molar-refractivity contribution in [2.45, 2.75) is 116 Å². The number of rotatable bonds is 21. The summed E-state index contributed by atoms with van der Waals surface area (Å²) < 4.78 is 15.8. The highest BCUT2D eigenvalue weighted by molar-refractivity contribution is 5.68. The van der Waals surface area contributed by atoms with Crippen molar-refractivity contribution in [3.05, 3.63) is 0 Å². The summed E-state index contributed by atoms with van der Waals surface area (Å²) in [5.41, 5.74) is 0. The molecule has 0 aromatic heterocycles. The van der Waals surface area contributed by atoms with Gasteiger partial charge in [-0.25, -0.2) is 0 Å². The lowest BCUT2D eigenvalue weighted by Gasteiger charge is -2.10. The fourth-order valence-corrected chi connectivity index (χ4v) is 3.05. The van der Waals surface area contributed by atoms with E-state index >= 15 is 0 Å². The largest absolute Gasteiger partial charge is 0.469 e. The van der Waals surface area contributed by atoms with Gasteiger partial charge in [-0.2, -0.15) is 0 Å². The average molecular weight is 387 g/mol. The third-order valence-electron chi connectivity index (χ3n) is 5.10. The van der Waals surface area contributed by atoms with Crippen LogP contribution in [0.3, 0.4) is 0 Å². The van der Waals surface area contributed by atoms with Crippen LogP contribution in [0.15, 0.2) is 0 Å². The number of carbonyl (C=O) groups is 1. The second-order valence-corrected chi connectivity index (χ2v) is 7.62. The van der Waals surface area contributed by atoms with E-state index in [4.69, 9.17) is 9.47 Å². The van der Waals surface area contributed by atoms with Crippen molar-refractivity contribution in [1.29, 1.82) is 0 Å². The lowest BCUT2D eigenvalue weighted by Crippen LogP contribution is -2.12. The van der Waals surface area contributed by atoms with Crippen molar-refractivity contribution >= 4 is 5.97 Å². The first-order chi connectivity index (χ1) is 13.2. The molecule has 0 radical (unpaired) electrons. The highest BCUT2D eigenvalue weighted by Crippen LogP contribution is 2.13. The van der Waals surface area contributed by atoms with Crippen LogP contribution >= 0.6 is 0 Å². The summed E-state index contributed by atoms with van der Waals surface area (Å²) in [6, 6.07) is 0. The van der Waals surface area contributed by atoms with Crippen LogP contribution in [0.5, 0.6) is 0 Å². The molecule has 0 bridgehead atoms. The zero-order valence-corrected chi connectivity index (χ0v) is 18.4. The summed E-state index contributed by atoms with van der Waals surface area (Å²) in [5.74, 6) is -0.0748. The van der Waals surface area contributed by atoms with Gasteiger partial charge in [0.15, 0.2) is 0 Å². The standard InChI is InChI=1S/C23H46O4/c1-4-22(2)27-21-20-26-19-17-15-13-11-9-7-5-6-8-10-12-14-16-18-23(24)25-3/h22H,4-21H2,1-3H3. The first kappa shape index (κ1) is 26.4. The molecule has 0 fully saturated rings. The minimum Gasteiger partial charge on any atom is -0.469 e. The Kier molecular flexibility index (Phi) is 21.2. The van der Waals surface area contributed by atoms with Gasteiger partial charge in [0.25, 0.3) is 0 Å². The number of esters is 1. The minimum atomic E-state index is -0.0748. The van der Waals surface area contributed by atoms with Gasteiger partial charge >= 0.3 is 5.97 Å². The first-order valence-electron chi connectivity index (χ1n) is 11.5. The number of ether oxygens (including phenoxy) is 3. The molecule has 0 aliphatic carbocycles. The molecule has 0 rings (SSSR count). The lowest BCUT2D eigenvalue weighted by molar-refractivity contribution is -0.140. The Morgan fingerprint density at radius 3 is 1.67 bits per heavy atom. The van der Waals surface area contributed by atoms with Crippen LogP contribution in [0.1, 0.15) is 110 Å². The zero-order chi connectivity index (χ0) is 20.0. The molecule has 0 spiro atoms. The minimum absolute atomic E-state index is 0.0748. The molecular weight excluding hydrogens is 340 g/mol. The first-order valence-corrected chi connectivity index (χ1v) is 11.5. The van der Waals surface area contributed by atoms with Crippen molar-refractivity contribution in [2.24, 2.45) is 0 Å². The maximum atomic E-state index is 11.0. The Bertz CT molecular complexity index is 307. The number of hydrogen-bond acceptors (Lipinski definition) is 4. The Morgan fingerprint density at radius 1 is 0.704 bits per heavy atom. The highest BCUT2D eigenvalue weighted by Gasteiger charge is 1.99. The van der Waals surface area contributed by atoms with Gasteiger partial charge < -0.3 is 14.2 Å². The molecule has 0 saturated carbocycles. The van der Waals surface area contributed by atoms with E-state index in [1.165, 1.54) is 77.7 Å². The van der Waals surface area contributed by atoms with Gasteiger partial charge in [-0.3, -0.25) is 4.79 Å². The predicted molar refractivity (Wildman–Crippen MR) is 113 cm³/mol. The normalized spacial score (nSPS) is 12.3. The second kappa shape index (κ2) is 21.7. The van der Waals surface area contributed by atoms with Crippen LogP contribution in [-0.2, 0) is 19.0 Å².